The lowest BCUT2D eigenvalue weighted by atomic mass is 10.2. The van der Waals surface area contributed by atoms with E-state index in [0.29, 0.717) is 0 Å². The first-order valence-electron chi connectivity index (χ1n) is 6.36. The zero-order chi connectivity index (χ0) is 13.1. The van der Waals surface area contributed by atoms with Gasteiger partial charge in [-0.05, 0) is 37.6 Å². The molecule has 1 heterocycles. The Morgan fingerprint density at radius 1 is 1.17 bits per heavy atom. The van der Waals surface area contributed by atoms with E-state index >= 15 is 0 Å². The zero-order valence-corrected chi connectivity index (χ0v) is 12.3. The third-order valence-corrected chi connectivity index (χ3v) is 4.27. The highest BCUT2D eigenvalue weighted by Crippen LogP contribution is 2.29. The lowest BCUT2D eigenvalue weighted by molar-refractivity contribution is 0.925. The Morgan fingerprint density at radius 3 is 2.39 bits per heavy atom. The minimum Gasteiger partial charge on any atom is -0.378 e. The fraction of sp³-hybridized carbons (Fsp3) is 0.400. The number of rotatable bonds is 4. The molecular formula is C15H20N2S. The molecule has 0 bridgehead atoms. The van der Waals surface area contributed by atoms with Gasteiger partial charge in [0.2, 0.25) is 0 Å². The predicted molar refractivity (Wildman–Crippen MR) is 80.6 cm³/mol. The molecule has 0 radical (unpaired) electrons. The summed E-state index contributed by atoms with van der Waals surface area (Å²) in [7, 11) is 4.11. The Kier molecular flexibility index (Phi) is 4.02. The molecule has 0 aliphatic rings. The van der Waals surface area contributed by atoms with Gasteiger partial charge in [0.1, 0.15) is 5.01 Å². The Morgan fingerprint density at radius 2 is 1.83 bits per heavy atom. The van der Waals surface area contributed by atoms with E-state index in [-0.39, 0.29) is 0 Å². The normalized spacial score (nSPS) is 10.7. The maximum atomic E-state index is 4.68. The molecule has 0 spiro atoms. The second-order valence-electron chi connectivity index (χ2n) is 4.72. The fourth-order valence-corrected chi connectivity index (χ4v) is 3.08. The predicted octanol–water partition coefficient (Wildman–Crippen LogP) is 4.14. The molecule has 0 fully saturated rings. The SMILES string of the molecule is CCCc1sc(-c2ccc(N(C)C)cc2)nc1C. The van der Waals surface area contributed by atoms with E-state index < -0.39 is 0 Å². The van der Waals surface area contributed by atoms with Gasteiger partial charge in [0, 0.05) is 30.2 Å². The number of hydrogen-bond acceptors (Lipinski definition) is 3. The monoisotopic (exact) mass is 260 g/mol. The van der Waals surface area contributed by atoms with Gasteiger partial charge in [-0.1, -0.05) is 13.3 Å². The average Bonchev–Trinajstić information content (AvgIpc) is 2.72. The molecule has 2 rings (SSSR count). The molecule has 96 valence electrons. The summed E-state index contributed by atoms with van der Waals surface area (Å²) in [4.78, 5) is 8.21. The minimum atomic E-state index is 1.14. The molecular weight excluding hydrogens is 240 g/mol. The molecule has 2 nitrogen and oxygen atoms in total. The van der Waals surface area contributed by atoms with Crippen LogP contribution in [0, 0.1) is 6.92 Å². The van der Waals surface area contributed by atoms with Gasteiger partial charge < -0.3 is 4.90 Å². The Hall–Kier alpha value is -1.35. The van der Waals surface area contributed by atoms with Gasteiger partial charge in [0.05, 0.1) is 5.69 Å². The smallest absolute Gasteiger partial charge is 0.123 e. The first-order chi connectivity index (χ1) is 8.61. The van der Waals surface area contributed by atoms with Crippen molar-refractivity contribution in [3.63, 3.8) is 0 Å². The van der Waals surface area contributed by atoms with Gasteiger partial charge in [0.15, 0.2) is 0 Å². The van der Waals surface area contributed by atoms with Crippen molar-refractivity contribution in [3.05, 3.63) is 34.8 Å². The highest BCUT2D eigenvalue weighted by Gasteiger charge is 2.08. The first kappa shape index (κ1) is 13.1. The van der Waals surface area contributed by atoms with Crippen LogP contribution in [0.25, 0.3) is 10.6 Å². The summed E-state index contributed by atoms with van der Waals surface area (Å²) >= 11 is 1.83. The van der Waals surface area contributed by atoms with Crippen molar-refractivity contribution in [1.29, 1.82) is 0 Å². The number of thiazole rings is 1. The molecule has 0 aliphatic carbocycles. The van der Waals surface area contributed by atoms with Crippen LogP contribution in [0.3, 0.4) is 0 Å². The molecule has 1 aromatic heterocycles. The number of aryl methyl sites for hydroxylation is 2. The Bertz CT molecular complexity index is 512. The summed E-state index contributed by atoms with van der Waals surface area (Å²) < 4.78 is 0. The van der Waals surface area contributed by atoms with Crippen LogP contribution in [0.5, 0.6) is 0 Å². The van der Waals surface area contributed by atoms with E-state index in [1.54, 1.807) is 0 Å². The average molecular weight is 260 g/mol. The molecule has 18 heavy (non-hydrogen) atoms. The standard InChI is InChI=1S/C15H20N2S/c1-5-6-14-11(2)16-15(18-14)12-7-9-13(10-8-12)17(3)4/h7-10H,5-6H2,1-4H3. The summed E-state index contributed by atoms with van der Waals surface area (Å²) in [6.45, 7) is 4.32. The van der Waals surface area contributed by atoms with E-state index in [0.717, 1.165) is 11.4 Å². The number of anilines is 1. The van der Waals surface area contributed by atoms with E-state index in [1.165, 1.54) is 28.2 Å². The number of hydrogen-bond donors (Lipinski definition) is 0. The minimum absolute atomic E-state index is 1.14. The second kappa shape index (κ2) is 5.53. The van der Waals surface area contributed by atoms with Crippen molar-refractivity contribution < 1.29 is 0 Å². The quantitative estimate of drug-likeness (QED) is 0.821. The maximum Gasteiger partial charge on any atom is 0.123 e. The maximum absolute atomic E-state index is 4.68. The van der Waals surface area contributed by atoms with Crippen molar-refractivity contribution >= 4 is 17.0 Å². The van der Waals surface area contributed by atoms with E-state index in [9.17, 15) is 0 Å². The van der Waals surface area contributed by atoms with E-state index in [2.05, 4.69) is 62.1 Å². The zero-order valence-electron chi connectivity index (χ0n) is 11.5. The number of benzene rings is 1. The highest BCUT2D eigenvalue weighted by atomic mass is 32.1. The van der Waals surface area contributed by atoms with Gasteiger partial charge in [-0.3, -0.25) is 0 Å². The Balaban J connectivity index is 2.28. The molecule has 0 saturated carbocycles. The summed E-state index contributed by atoms with van der Waals surface area (Å²) in [5, 5.41) is 1.14. The lowest BCUT2D eigenvalue weighted by Gasteiger charge is -2.11. The topological polar surface area (TPSA) is 16.1 Å². The lowest BCUT2D eigenvalue weighted by Crippen LogP contribution is -2.07. The van der Waals surface area contributed by atoms with Gasteiger partial charge in [-0.15, -0.1) is 11.3 Å². The molecule has 0 atom stereocenters. The molecule has 0 aliphatic heterocycles. The van der Waals surface area contributed by atoms with Crippen LogP contribution in [0.15, 0.2) is 24.3 Å². The van der Waals surface area contributed by atoms with Crippen LogP contribution in [0.1, 0.15) is 23.9 Å². The molecule has 0 saturated heterocycles. The second-order valence-corrected chi connectivity index (χ2v) is 5.80. The third-order valence-electron chi connectivity index (χ3n) is 3.00. The number of aromatic nitrogens is 1. The van der Waals surface area contributed by atoms with Crippen molar-refractivity contribution in [2.45, 2.75) is 26.7 Å². The molecule has 3 heteroatoms. The van der Waals surface area contributed by atoms with Gasteiger partial charge >= 0.3 is 0 Å². The van der Waals surface area contributed by atoms with Crippen molar-refractivity contribution in [1.82, 2.24) is 4.98 Å². The van der Waals surface area contributed by atoms with Gasteiger partial charge in [-0.2, -0.15) is 0 Å². The van der Waals surface area contributed by atoms with Crippen molar-refractivity contribution in [2.75, 3.05) is 19.0 Å². The summed E-state index contributed by atoms with van der Waals surface area (Å²) in [6, 6.07) is 8.60. The molecule has 0 amide bonds. The number of nitrogens with zero attached hydrogens (tertiary/aromatic N) is 2. The molecule has 0 unspecified atom stereocenters. The third kappa shape index (κ3) is 2.72. The van der Waals surface area contributed by atoms with Crippen LogP contribution in [-0.2, 0) is 6.42 Å². The van der Waals surface area contributed by atoms with Crippen LogP contribution in [0.4, 0.5) is 5.69 Å². The van der Waals surface area contributed by atoms with Crippen LogP contribution in [-0.4, -0.2) is 19.1 Å². The largest absolute Gasteiger partial charge is 0.378 e. The van der Waals surface area contributed by atoms with Crippen LogP contribution < -0.4 is 4.90 Å². The van der Waals surface area contributed by atoms with Crippen LogP contribution in [0.2, 0.25) is 0 Å². The fourth-order valence-electron chi connectivity index (χ4n) is 1.91. The highest BCUT2D eigenvalue weighted by molar-refractivity contribution is 7.15. The van der Waals surface area contributed by atoms with Crippen molar-refractivity contribution in [2.24, 2.45) is 0 Å². The van der Waals surface area contributed by atoms with Crippen molar-refractivity contribution in [3.8, 4) is 10.6 Å². The first-order valence-corrected chi connectivity index (χ1v) is 7.17. The summed E-state index contributed by atoms with van der Waals surface area (Å²) in [5.41, 5.74) is 3.63. The van der Waals surface area contributed by atoms with Gasteiger partial charge in [0.25, 0.3) is 0 Å². The van der Waals surface area contributed by atoms with Crippen LogP contribution >= 0.6 is 11.3 Å². The van der Waals surface area contributed by atoms with Gasteiger partial charge in [-0.25, -0.2) is 4.98 Å². The molecule has 0 N–H and O–H groups in total. The molecule has 1 aromatic carbocycles. The van der Waals surface area contributed by atoms with E-state index in [4.69, 9.17) is 0 Å². The van der Waals surface area contributed by atoms with E-state index in [1.807, 2.05) is 11.3 Å². The molecule has 2 aromatic rings. The summed E-state index contributed by atoms with van der Waals surface area (Å²) in [5.74, 6) is 0. The summed E-state index contributed by atoms with van der Waals surface area (Å²) in [6.07, 6.45) is 2.32. The Labute approximate surface area is 113 Å².